The van der Waals surface area contributed by atoms with Crippen molar-refractivity contribution in [2.45, 2.75) is 26.4 Å². The number of nitrogens with zero attached hydrogens (tertiary/aromatic N) is 6. The first-order valence-corrected chi connectivity index (χ1v) is 11.8. The molecule has 5 heterocycles. The van der Waals surface area contributed by atoms with Crippen molar-refractivity contribution in [3.8, 4) is 11.1 Å². The maximum absolute atomic E-state index is 15.1. The molecule has 0 aliphatic carbocycles. The summed E-state index contributed by atoms with van der Waals surface area (Å²) < 4.78 is 22.6. The number of ether oxygens (including phenoxy) is 1. The minimum absolute atomic E-state index is 0.310. The fraction of sp³-hybridized carbons (Fsp3) is 0.364. The fourth-order valence-electron chi connectivity index (χ4n) is 4.00. The van der Waals surface area contributed by atoms with E-state index in [1.165, 1.54) is 17.4 Å². The first-order chi connectivity index (χ1) is 16.0. The van der Waals surface area contributed by atoms with Crippen LogP contribution in [0.5, 0.6) is 0 Å². The molecule has 0 amide bonds. The lowest BCUT2D eigenvalue weighted by Gasteiger charge is -2.26. The SMILES string of the molecule is CCc1nc2cc(F)c(-c3cnc(N4CCOCC4)nc3)cn2c1C(O)c1nc(C)sc1Cl. The number of aliphatic hydroxyl groups is 1. The minimum Gasteiger partial charge on any atom is -0.380 e. The molecule has 1 N–H and O–H groups in total. The molecule has 11 heteroatoms. The summed E-state index contributed by atoms with van der Waals surface area (Å²) in [5.74, 6) is 0.144. The first-order valence-electron chi connectivity index (χ1n) is 10.6. The lowest BCUT2D eigenvalue weighted by molar-refractivity contribution is 0.122. The highest BCUT2D eigenvalue weighted by Crippen LogP contribution is 2.35. The van der Waals surface area contributed by atoms with Crippen molar-refractivity contribution in [1.82, 2.24) is 24.3 Å². The summed E-state index contributed by atoms with van der Waals surface area (Å²) in [7, 11) is 0. The van der Waals surface area contributed by atoms with Crippen LogP contribution in [0.15, 0.2) is 24.7 Å². The number of anilines is 1. The number of aromatic nitrogens is 5. The van der Waals surface area contributed by atoms with E-state index in [-0.39, 0.29) is 0 Å². The smallest absolute Gasteiger partial charge is 0.225 e. The molecule has 1 fully saturated rings. The topological polar surface area (TPSA) is 88.7 Å². The summed E-state index contributed by atoms with van der Waals surface area (Å²) in [4.78, 5) is 19.8. The lowest BCUT2D eigenvalue weighted by atomic mass is 10.1. The van der Waals surface area contributed by atoms with Gasteiger partial charge in [0.1, 0.15) is 27.6 Å². The third-order valence-corrected chi connectivity index (χ3v) is 6.84. The fourth-order valence-corrected chi connectivity index (χ4v) is 5.14. The Hall–Kier alpha value is -2.66. The molecule has 8 nitrogen and oxygen atoms in total. The Morgan fingerprint density at radius 2 is 1.97 bits per heavy atom. The van der Waals surface area contributed by atoms with E-state index in [0.29, 0.717) is 76.9 Å². The van der Waals surface area contributed by atoms with Gasteiger partial charge in [0.05, 0.1) is 29.6 Å². The highest BCUT2D eigenvalue weighted by molar-refractivity contribution is 7.15. The molecule has 172 valence electrons. The third-order valence-electron chi connectivity index (χ3n) is 5.64. The Morgan fingerprint density at radius 1 is 1.24 bits per heavy atom. The molecule has 1 aliphatic heterocycles. The van der Waals surface area contributed by atoms with Crippen LogP contribution in [0.4, 0.5) is 10.3 Å². The summed E-state index contributed by atoms with van der Waals surface area (Å²) in [6.07, 6.45) is 4.30. The summed E-state index contributed by atoms with van der Waals surface area (Å²) >= 11 is 7.62. The molecule has 0 saturated carbocycles. The van der Waals surface area contributed by atoms with Gasteiger partial charge < -0.3 is 14.7 Å². The average Bonchev–Trinajstić information content (AvgIpc) is 3.36. The number of aryl methyl sites for hydroxylation is 2. The van der Waals surface area contributed by atoms with Crippen molar-refractivity contribution < 1.29 is 14.2 Å². The van der Waals surface area contributed by atoms with Crippen LogP contribution >= 0.6 is 22.9 Å². The second-order valence-electron chi connectivity index (χ2n) is 7.73. The molecule has 4 aromatic rings. The lowest BCUT2D eigenvalue weighted by Crippen LogP contribution is -2.37. The molecule has 0 aromatic carbocycles. The largest absolute Gasteiger partial charge is 0.380 e. The zero-order valence-corrected chi connectivity index (χ0v) is 19.7. The van der Waals surface area contributed by atoms with Crippen LogP contribution in [0, 0.1) is 12.7 Å². The molecular formula is C22H22ClFN6O2S. The quantitative estimate of drug-likeness (QED) is 0.456. The van der Waals surface area contributed by atoms with Crippen LogP contribution in [0.1, 0.15) is 35.1 Å². The maximum atomic E-state index is 15.1. The molecule has 1 unspecified atom stereocenters. The predicted octanol–water partition coefficient (Wildman–Crippen LogP) is 3.83. The van der Waals surface area contributed by atoms with Gasteiger partial charge in [-0.3, -0.25) is 4.40 Å². The minimum atomic E-state index is -1.09. The number of rotatable bonds is 5. The number of imidazole rings is 1. The van der Waals surface area contributed by atoms with E-state index in [2.05, 4.69) is 19.9 Å². The number of morpholine rings is 1. The van der Waals surface area contributed by atoms with Gasteiger partial charge in [0.25, 0.3) is 0 Å². The molecule has 5 rings (SSSR count). The van der Waals surface area contributed by atoms with Crippen molar-refractivity contribution in [2.24, 2.45) is 0 Å². The van der Waals surface area contributed by atoms with Crippen LogP contribution < -0.4 is 4.90 Å². The van der Waals surface area contributed by atoms with Crippen molar-refractivity contribution in [3.05, 3.63) is 56.9 Å². The second kappa shape index (κ2) is 8.94. The number of hydrogen-bond donors (Lipinski definition) is 1. The molecule has 1 saturated heterocycles. The van der Waals surface area contributed by atoms with Crippen molar-refractivity contribution in [2.75, 3.05) is 31.2 Å². The van der Waals surface area contributed by atoms with Gasteiger partial charge in [-0.25, -0.2) is 24.3 Å². The van der Waals surface area contributed by atoms with E-state index >= 15 is 4.39 Å². The van der Waals surface area contributed by atoms with Crippen molar-refractivity contribution >= 4 is 34.5 Å². The Morgan fingerprint density at radius 3 is 2.61 bits per heavy atom. The van der Waals surface area contributed by atoms with E-state index in [1.807, 2.05) is 18.7 Å². The highest BCUT2D eigenvalue weighted by Gasteiger charge is 2.26. The molecule has 1 aliphatic rings. The third kappa shape index (κ3) is 4.08. The standard InChI is InChI=1S/C22H22ClFN6O2S/c1-3-16-19(20(31)18-21(23)33-12(2)27-18)30-11-14(15(24)8-17(30)28-16)13-9-25-22(26-10-13)29-4-6-32-7-5-29/h8-11,20,31H,3-7H2,1-2H3. The zero-order chi connectivity index (χ0) is 23.1. The monoisotopic (exact) mass is 488 g/mol. The zero-order valence-electron chi connectivity index (χ0n) is 18.1. The van der Waals surface area contributed by atoms with Gasteiger partial charge in [-0.05, 0) is 13.3 Å². The molecule has 4 aromatic heterocycles. The molecule has 1 atom stereocenters. The Bertz CT molecular complexity index is 1300. The maximum Gasteiger partial charge on any atom is 0.225 e. The highest BCUT2D eigenvalue weighted by atomic mass is 35.5. The summed E-state index contributed by atoms with van der Waals surface area (Å²) in [5.41, 5.74) is 2.79. The summed E-state index contributed by atoms with van der Waals surface area (Å²) in [5, 5.41) is 11.9. The molecule has 0 bridgehead atoms. The van der Waals surface area contributed by atoms with Crippen molar-refractivity contribution in [3.63, 3.8) is 0 Å². The van der Waals surface area contributed by atoms with Crippen molar-refractivity contribution in [1.29, 1.82) is 0 Å². The number of pyridine rings is 1. The van der Waals surface area contributed by atoms with Crippen LogP contribution in [-0.4, -0.2) is 55.7 Å². The van der Waals surface area contributed by atoms with Gasteiger partial charge >= 0.3 is 0 Å². The van der Waals surface area contributed by atoms with Gasteiger partial charge in [-0.1, -0.05) is 18.5 Å². The Balaban J connectivity index is 1.57. The van der Waals surface area contributed by atoms with Gasteiger partial charge in [0.2, 0.25) is 5.95 Å². The number of aliphatic hydroxyl groups excluding tert-OH is 1. The normalized spacial score (nSPS) is 15.4. The van der Waals surface area contributed by atoms with E-state index in [4.69, 9.17) is 16.3 Å². The van der Waals surface area contributed by atoms with E-state index in [9.17, 15) is 5.11 Å². The number of fused-ring (bicyclic) bond motifs is 1. The Kier molecular flexibility index (Phi) is 6.00. The van der Waals surface area contributed by atoms with Gasteiger partial charge in [-0.2, -0.15) is 0 Å². The number of halogens is 2. The van der Waals surface area contributed by atoms with Gasteiger partial charge in [0.15, 0.2) is 0 Å². The van der Waals surface area contributed by atoms with Gasteiger partial charge in [-0.15, -0.1) is 11.3 Å². The molecule has 33 heavy (non-hydrogen) atoms. The Labute approximate surface area is 198 Å². The van der Waals surface area contributed by atoms with Crippen LogP contribution in [0.3, 0.4) is 0 Å². The molecule has 0 spiro atoms. The number of hydrogen-bond acceptors (Lipinski definition) is 8. The van der Waals surface area contributed by atoms with E-state index < -0.39 is 11.9 Å². The molecule has 0 radical (unpaired) electrons. The van der Waals surface area contributed by atoms with Crippen LogP contribution in [0.25, 0.3) is 16.8 Å². The van der Waals surface area contributed by atoms with E-state index in [1.54, 1.807) is 23.0 Å². The summed E-state index contributed by atoms with van der Waals surface area (Å²) in [6.45, 7) is 6.45. The number of thiazole rings is 1. The van der Waals surface area contributed by atoms with Crippen LogP contribution in [0.2, 0.25) is 4.34 Å². The second-order valence-corrected chi connectivity index (χ2v) is 9.53. The van der Waals surface area contributed by atoms with Gasteiger partial charge in [0, 0.05) is 48.9 Å². The predicted molar refractivity (Wildman–Crippen MR) is 125 cm³/mol. The summed E-state index contributed by atoms with van der Waals surface area (Å²) in [6, 6.07) is 1.36. The molecular weight excluding hydrogens is 467 g/mol. The van der Waals surface area contributed by atoms with Crippen LogP contribution in [-0.2, 0) is 11.2 Å². The van der Waals surface area contributed by atoms with E-state index in [0.717, 1.165) is 5.01 Å². The average molecular weight is 489 g/mol. The first kappa shape index (κ1) is 22.1.